The Morgan fingerprint density at radius 2 is 1.70 bits per heavy atom. The minimum atomic E-state index is -0.0355. The summed E-state index contributed by atoms with van der Waals surface area (Å²) in [5.74, 6) is 1.46. The van der Waals surface area contributed by atoms with Crippen molar-refractivity contribution in [3.8, 4) is 5.75 Å². The first-order valence-corrected chi connectivity index (χ1v) is 9.89. The van der Waals surface area contributed by atoms with E-state index in [2.05, 4.69) is 29.7 Å². The van der Waals surface area contributed by atoms with Gasteiger partial charge < -0.3 is 10.1 Å². The molecule has 4 nitrogen and oxygen atoms in total. The zero-order chi connectivity index (χ0) is 19.1. The molecule has 3 atom stereocenters. The zero-order valence-corrected chi connectivity index (χ0v) is 16.3. The summed E-state index contributed by atoms with van der Waals surface area (Å²) >= 11 is 0. The molecule has 2 aromatic carbocycles. The Bertz CT molecular complexity index is 715. The van der Waals surface area contributed by atoms with Gasteiger partial charge in [-0.3, -0.25) is 10.1 Å². The van der Waals surface area contributed by atoms with E-state index in [4.69, 9.17) is 4.74 Å². The van der Waals surface area contributed by atoms with Crippen molar-refractivity contribution >= 4 is 5.91 Å². The lowest BCUT2D eigenvalue weighted by molar-refractivity contribution is -0.121. The topological polar surface area (TPSA) is 50.4 Å². The normalized spacial score (nSPS) is 20.7. The average molecular weight is 367 g/mol. The summed E-state index contributed by atoms with van der Waals surface area (Å²) in [6.45, 7) is 2.54. The van der Waals surface area contributed by atoms with Gasteiger partial charge in [0.1, 0.15) is 5.75 Å². The predicted molar refractivity (Wildman–Crippen MR) is 109 cm³/mol. The van der Waals surface area contributed by atoms with Gasteiger partial charge in [0.15, 0.2) is 0 Å². The summed E-state index contributed by atoms with van der Waals surface area (Å²) in [5, 5.41) is 6.66. The van der Waals surface area contributed by atoms with Crippen LogP contribution in [0.4, 0.5) is 0 Å². The van der Waals surface area contributed by atoms with Gasteiger partial charge in [0.05, 0.1) is 19.7 Å². The van der Waals surface area contributed by atoms with Crippen LogP contribution in [-0.2, 0) is 4.79 Å². The third kappa shape index (κ3) is 5.33. The average Bonchev–Trinajstić information content (AvgIpc) is 2.71. The first kappa shape index (κ1) is 19.4. The SMILES string of the molecule is COc1ccc([C@@H](NCC(=O)N[C@@H]2CCCC[C@H]2C)c2ccccc2)cc1. The van der Waals surface area contributed by atoms with Crippen molar-refractivity contribution in [1.29, 1.82) is 0 Å². The fourth-order valence-electron chi connectivity index (χ4n) is 3.85. The molecule has 1 fully saturated rings. The molecule has 1 aliphatic rings. The van der Waals surface area contributed by atoms with Gasteiger partial charge in [-0.05, 0) is 42.0 Å². The van der Waals surface area contributed by atoms with Gasteiger partial charge in [-0.2, -0.15) is 0 Å². The Morgan fingerprint density at radius 1 is 1.04 bits per heavy atom. The van der Waals surface area contributed by atoms with Gasteiger partial charge in [0, 0.05) is 6.04 Å². The quantitative estimate of drug-likeness (QED) is 0.777. The number of nitrogens with one attached hydrogen (secondary N) is 2. The number of methoxy groups -OCH3 is 1. The molecular weight excluding hydrogens is 336 g/mol. The number of amides is 1. The highest BCUT2D eigenvalue weighted by atomic mass is 16.5. The Labute approximate surface area is 162 Å². The Hall–Kier alpha value is -2.33. The fraction of sp³-hybridized carbons (Fsp3) is 0.435. The van der Waals surface area contributed by atoms with E-state index >= 15 is 0 Å². The largest absolute Gasteiger partial charge is 0.497 e. The van der Waals surface area contributed by atoms with Crippen LogP contribution in [0.15, 0.2) is 54.6 Å². The van der Waals surface area contributed by atoms with Crippen LogP contribution < -0.4 is 15.4 Å². The van der Waals surface area contributed by atoms with Crippen molar-refractivity contribution < 1.29 is 9.53 Å². The van der Waals surface area contributed by atoms with Crippen molar-refractivity contribution in [2.24, 2.45) is 5.92 Å². The van der Waals surface area contributed by atoms with Gasteiger partial charge >= 0.3 is 0 Å². The molecule has 2 aromatic rings. The lowest BCUT2D eigenvalue weighted by Gasteiger charge is -2.30. The Kier molecular flexibility index (Phi) is 6.88. The molecule has 3 rings (SSSR count). The molecule has 27 heavy (non-hydrogen) atoms. The first-order chi connectivity index (χ1) is 13.2. The standard InChI is InChI=1S/C23H30N2O2/c1-17-8-6-7-11-21(17)25-22(26)16-24-23(18-9-4-3-5-10-18)19-12-14-20(27-2)15-13-19/h3-5,9-10,12-15,17,21,23-24H,6-8,11,16H2,1-2H3,(H,25,26)/t17-,21-,23+/m1/s1. The zero-order valence-electron chi connectivity index (χ0n) is 16.3. The van der Waals surface area contributed by atoms with Crippen LogP contribution in [0.25, 0.3) is 0 Å². The maximum atomic E-state index is 12.5. The van der Waals surface area contributed by atoms with Gasteiger partial charge in [-0.1, -0.05) is 62.2 Å². The van der Waals surface area contributed by atoms with Crippen LogP contribution in [0.3, 0.4) is 0 Å². The summed E-state index contributed by atoms with van der Waals surface area (Å²) < 4.78 is 5.26. The maximum absolute atomic E-state index is 12.5. The van der Waals surface area contributed by atoms with Gasteiger partial charge in [-0.15, -0.1) is 0 Å². The highest BCUT2D eigenvalue weighted by Gasteiger charge is 2.23. The maximum Gasteiger partial charge on any atom is 0.234 e. The molecule has 2 N–H and O–H groups in total. The number of rotatable bonds is 7. The monoisotopic (exact) mass is 366 g/mol. The minimum absolute atomic E-state index is 0.0355. The Balaban J connectivity index is 1.67. The molecule has 0 radical (unpaired) electrons. The highest BCUT2D eigenvalue weighted by Crippen LogP contribution is 2.25. The molecule has 0 saturated heterocycles. The Morgan fingerprint density at radius 3 is 2.37 bits per heavy atom. The summed E-state index contributed by atoms with van der Waals surface area (Å²) in [7, 11) is 1.67. The molecule has 0 aromatic heterocycles. The molecule has 0 spiro atoms. The van der Waals surface area contributed by atoms with Crippen molar-refractivity contribution in [2.75, 3.05) is 13.7 Å². The number of carbonyl (C=O) groups excluding carboxylic acids is 1. The molecule has 0 unspecified atom stereocenters. The smallest absolute Gasteiger partial charge is 0.234 e. The van der Waals surface area contributed by atoms with E-state index in [1.54, 1.807) is 7.11 Å². The van der Waals surface area contributed by atoms with Crippen molar-refractivity contribution in [3.63, 3.8) is 0 Å². The fourth-order valence-corrected chi connectivity index (χ4v) is 3.85. The summed E-state index contributed by atoms with van der Waals surface area (Å²) in [6, 6.07) is 18.5. The molecule has 144 valence electrons. The van der Waals surface area contributed by atoms with E-state index in [0.29, 0.717) is 18.5 Å². The van der Waals surface area contributed by atoms with E-state index < -0.39 is 0 Å². The minimum Gasteiger partial charge on any atom is -0.497 e. The van der Waals surface area contributed by atoms with Crippen LogP contribution in [0.5, 0.6) is 5.75 Å². The van der Waals surface area contributed by atoms with Crippen LogP contribution in [-0.4, -0.2) is 25.6 Å². The molecule has 0 heterocycles. The van der Waals surface area contributed by atoms with Crippen molar-refractivity contribution in [2.45, 2.75) is 44.7 Å². The summed E-state index contributed by atoms with van der Waals surface area (Å²) in [4.78, 5) is 12.5. The highest BCUT2D eigenvalue weighted by molar-refractivity contribution is 5.78. The third-order valence-electron chi connectivity index (χ3n) is 5.51. The lowest BCUT2D eigenvalue weighted by atomic mass is 9.86. The van der Waals surface area contributed by atoms with E-state index in [9.17, 15) is 4.79 Å². The second kappa shape index (κ2) is 9.56. The molecule has 4 heteroatoms. The van der Waals surface area contributed by atoms with E-state index in [-0.39, 0.29) is 11.9 Å². The summed E-state index contributed by atoms with van der Waals surface area (Å²) in [5.41, 5.74) is 2.25. The van der Waals surface area contributed by atoms with Gasteiger partial charge in [-0.25, -0.2) is 0 Å². The van der Waals surface area contributed by atoms with E-state index in [1.165, 1.54) is 19.3 Å². The van der Waals surface area contributed by atoms with Gasteiger partial charge in [0.2, 0.25) is 5.91 Å². The second-order valence-electron chi connectivity index (χ2n) is 7.43. The molecule has 1 saturated carbocycles. The van der Waals surface area contributed by atoms with Crippen molar-refractivity contribution in [3.05, 3.63) is 65.7 Å². The molecule has 1 amide bonds. The van der Waals surface area contributed by atoms with Crippen LogP contribution in [0.1, 0.15) is 49.8 Å². The number of ether oxygens (including phenoxy) is 1. The predicted octanol–water partition coefficient (Wildman–Crippen LogP) is 4.07. The summed E-state index contributed by atoms with van der Waals surface area (Å²) in [6.07, 6.45) is 4.78. The third-order valence-corrected chi connectivity index (χ3v) is 5.51. The van der Waals surface area contributed by atoms with Crippen molar-refractivity contribution in [1.82, 2.24) is 10.6 Å². The number of carbonyl (C=O) groups is 1. The van der Waals surface area contributed by atoms with Crippen LogP contribution in [0.2, 0.25) is 0 Å². The number of benzene rings is 2. The molecule has 1 aliphatic carbocycles. The van der Waals surface area contributed by atoms with Gasteiger partial charge in [0.25, 0.3) is 0 Å². The molecule has 0 bridgehead atoms. The lowest BCUT2D eigenvalue weighted by Crippen LogP contribution is -2.45. The van der Waals surface area contributed by atoms with E-state index in [1.807, 2.05) is 42.5 Å². The number of hydrogen-bond acceptors (Lipinski definition) is 3. The molecule has 0 aliphatic heterocycles. The van der Waals surface area contributed by atoms with Crippen LogP contribution >= 0.6 is 0 Å². The molecular formula is C23H30N2O2. The number of hydrogen-bond donors (Lipinski definition) is 2. The second-order valence-corrected chi connectivity index (χ2v) is 7.43. The first-order valence-electron chi connectivity index (χ1n) is 9.89. The van der Waals surface area contributed by atoms with E-state index in [0.717, 1.165) is 23.3 Å². The van der Waals surface area contributed by atoms with Crippen LogP contribution in [0, 0.1) is 5.92 Å².